The van der Waals surface area contributed by atoms with Crippen LogP contribution in [0.2, 0.25) is 0 Å². The molecule has 0 aliphatic carbocycles. The minimum absolute atomic E-state index is 0.133. The molecule has 0 aliphatic heterocycles. The third-order valence-corrected chi connectivity index (χ3v) is 2.56. The lowest BCUT2D eigenvalue weighted by Crippen LogP contribution is -2.08. The van der Waals surface area contributed by atoms with Crippen molar-refractivity contribution in [1.82, 2.24) is 9.78 Å². The van der Waals surface area contributed by atoms with Crippen LogP contribution in [0, 0.1) is 0 Å². The quantitative estimate of drug-likeness (QED) is 0.681. The van der Waals surface area contributed by atoms with Crippen LogP contribution < -0.4 is 0 Å². The van der Waals surface area contributed by atoms with Gasteiger partial charge >= 0.3 is 0 Å². The highest BCUT2D eigenvalue weighted by Gasteiger charge is 2.04. The second-order valence-corrected chi connectivity index (χ2v) is 4.01. The molecule has 3 nitrogen and oxygen atoms in total. The van der Waals surface area contributed by atoms with Crippen LogP contribution in [0.4, 0.5) is 0 Å². The molecule has 0 N–H and O–H groups in total. The summed E-state index contributed by atoms with van der Waals surface area (Å²) >= 11 is 6.01. The maximum atomic E-state index is 6.01. The Labute approximate surface area is 90.0 Å². The maximum absolute atomic E-state index is 6.01. The van der Waals surface area contributed by atoms with Gasteiger partial charge in [0.05, 0.1) is 12.0 Å². The zero-order valence-corrected chi connectivity index (χ0v) is 9.50. The van der Waals surface area contributed by atoms with Gasteiger partial charge < -0.3 is 4.74 Å². The summed E-state index contributed by atoms with van der Waals surface area (Å²) in [5.41, 5.74) is 1.26. The number of nitrogens with zero attached hydrogens (tertiary/aromatic N) is 2. The van der Waals surface area contributed by atoms with Crippen LogP contribution in [0.3, 0.4) is 0 Å². The van der Waals surface area contributed by atoms with Gasteiger partial charge in [-0.1, -0.05) is 0 Å². The zero-order valence-electron chi connectivity index (χ0n) is 8.74. The molecule has 1 unspecified atom stereocenters. The number of alkyl halides is 1. The van der Waals surface area contributed by atoms with Crippen molar-refractivity contribution in [1.29, 1.82) is 0 Å². The molecule has 0 spiro atoms. The molecular weight excluding hydrogens is 200 g/mol. The monoisotopic (exact) mass is 216 g/mol. The van der Waals surface area contributed by atoms with Crippen molar-refractivity contribution in [2.24, 2.45) is 7.05 Å². The molecule has 80 valence electrons. The fraction of sp³-hybridized carbons (Fsp3) is 0.700. The summed E-state index contributed by atoms with van der Waals surface area (Å²) in [6.45, 7) is 0.632. The Hall–Kier alpha value is -0.540. The SMILES string of the molecule is COCC(Cl)CCCc1ccnn1C. The molecule has 0 aliphatic rings. The lowest BCUT2D eigenvalue weighted by molar-refractivity contribution is 0.195. The molecule has 0 amide bonds. The first-order chi connectivity index (χ1) is 6.74. The van der Waals surface area contributed by atoms with Crippen LogP contribution in [0.15, 0.2) is 12.3 Å². The van der Waals surface area contributed by atoms with Crippen molar-refractivity contribution in [3.8, 4) is 0 Å². The number of rotatable bonds is 6. The van der Waals surface area contributed by atoms with E-state index in [0.29, 0.717) is 6.61 Å². The van der Waals surface area contributed by atoms with E-state index >= 15 is 0 Å². The summed E-state index contributed by atoms with van der Waals surface area (Å²) in [5.74, 6) is 0. The van der Waals surface area contributed by atoms with Crippen molar-refractivity contribution < 1.29 is 4.74 Å². The van der Waals surface area contributed by atoms with Gasteiger partial charge in [-0.15, -0.1) is 11.6 Å². The van der Waals surface area contributed by atoms with E-state index in [1.165, 1.54) is 5.69 Å². The first-order valence-corrected chi connectivity index (χ1v) is 5.27. The van der Waals surface area contributed by atoms with Gasteiger partial charge in [0.2, 0.25) is 0 Å². The van der Waals surface area contributed by atoms with Crippen LogP contribution in [0.25, 0.3) is 0 Å². The minimum Gasteiger partial charge on any atom is -0.383 e. The summed E-state index contributed by atoms with van der Waals surface area (Å²) in [7, 11) is 3.64. The summed E-state index contributed by atoms with van der Waals surface area (Å²) in [6.07, 6.45) is 4.92. The highest BCUT2D eigenvalue weighted by atomic mass is 35.5. The number of methoxy groups -OCH3 is 1. The molecular formula is C10H17ClN2O. The van der Waals surface area contributed by atoms with Gasteiger partial charge in [-0.3, -0.25) is 4.68 Å². The smallest absolute Gasteiger partial charge is 0.0626 e. The van der Waals surface area contributed by atoms with Crippen LogP contribution in [0.1, 0.15) is 18.5 Å². The van der Waals surface area contributed by atoms with E-state index in [1.807, 2.05) is 24.0 Å². The van der Waals surface area contributed by atoms with Gasteiger partial charge in [0, 0.05) is 26.0 Å². The van der Waals surface area contributed by atoms with E-state index in [1.54, 1.807) is 7.11 Å². The Morgan fingerprint density at radius 3 is 3.00 bits per heavy atom. The highest BCUT2D eigenvalue weighted by molar-refractivity contribution is 6.20. The first kappa shape index (κ1) is 11.5. The fourth-order valence-electron chi connectivity index (χ4n) is 1.42. The lowest BCUT2D eigenvalue weighted by Gasteiger charge is -2.07. The normalized spacial score (nSPS) is 13.1. The number of halogens is 1. The van der Waals surface area contributed by atoms with Crippen LogP contribution in [0.5, 0.6) is 0 Å². The topological polar surface area (TPSA) is 27.1 Å². The minimum atomic E-state index is 0.133. The van der Waals surface area contributed by atoms with Gasteiger partial charge in [-0.05, 0) is 25.3 Å². The van der Waals surface area contributed by atoms with Gasteiger partial charge in [0.15, 0.2) is 0 Å². The van der Waals surface area contributed by atoms with E-state index in [0.717, 1.165) is 19.3 Å². The summed E-state index contributed by atoms with van der Waals surface area (Å²) < 4.78 is 6.87. The molecule has 4 heteroatoms. The van der Waals surface area contributed by atoms with E-state index in [2.05, 4.69) is 5.10 Å². The largest absolute Gasteiger partial charge is 0.383 e. The molecule has 1 aromatic rings. The zero-order chi connectivity index (χ0) is 10.4. The first-order valence-electron chi connectivity index (χ1n) is 4.84. The maximum Gasteiger partial charge on any atom is 0.0626 e. The molecule has 0 bridgehead atoms. The van der Waals surface area contributed by atoms with E-state index in [9.17, 15) is 0 Å². The second-order valence-electron chi connectivity index (χ2n) is 3.39. The Morgan fingerprint density at radius 1 is 1.64 bits per heavy atom. The molecule has 0 aromatic carbocycles. The molecule has 1 heterocycles. The summed E-state index contributed by atoms with van der Waals surface area (Å²) in [5, 5.41) is 4.24. The number of hydrogen-bond acceptors (Lipinski definition) is 2. The number of aryl methyl sites for hydroxylation is 2. The fourth-order valence-corrected chi connectivity index (χ4v) is 1.70. The molecule has 0 fully saturated rings. The third kappa shape index (κ3) is 3.68. The predicted molar refractivity (Wildman–Crippen MR) is 57.7 cm³/mol. The summed E-state index contributed by atoms with van der Waals surface area (Å²) in [4.78, 5) is 0. The number of hydrogen-bond donors (Lipinski definition) is 0. The number of aromatic nitrogens is 2. The Morgan fingerprint density at radius 2 is 2.43 bits per heavy atom. The molecule has 0 saturated heterocycles. The molecule has 0 radical (unpaired) electrons. The van der Waals surface area contributed by atoms with E-state index in [-0.39, 0.29) is 5.38 Å². The average Bonchev–Trinajstić information content (AvgIpc) is 2.52. The van der Waals surface area contributed by atoms with Crippen LogP contribution >= 0.6 is 11.6 Å². The van der Waals surface area contributed by atoms with Gasteiger partial charge in [0.25, 0.3) is 0 Å². The van der Waals surface area contributed by atoms with Crippen LogP contribution in [-0.2, 0) is 18.2 Å². The van der Waals surface area contributed by atoms with Crippen molar-refractivity contribution in [2.75, 3.05) is 13.7 Å². The molecule has 0 saturated carbocycles. The van der Waals surface area contributed by atoms with E-state index < -0.39 is 0 Å². The molecule has 1 atom stereocenters. The Kier molecular flexibility index (Phi) is 4.98. The number of ether oxygens (including phenoxy) is 1. The van der Waals surface area contributed by atoms with Gasteiger partial charge in [-0.25, -0.2) is 0 Å². The molecule has 14 heavy (non-hydrogen) atoms. The average molecular weight is 217 g/mol. The standard InChI is InChI=1S/C10H17ClN2O/c1-13-10(6-7-12-13)5-3-4-9(11)8-14-2/h6-7,9H,3-5,8H2,1-2H3. The molecule has 1 aromatic heterocycles. The van der Waals surface area contributed by atoms with Crippen molar-refractivity contribution in [3.05, 3.63) is 18.0 Å². The van der Waals surface area contributed by atoms with E-state index in [4.69, 9.17) is 16.3 Å². The molecule has 1 rings (SSSR count). The van der Waals surface area contributed by atoms with Crippen LogP contribution in [-0.4, -0.2) is 28.9 Å². The lowest BCUT2D eigenvalue weighted by atomic mass is 10.1. The van der Waals surface area contributed by atoms with Crippen molar-refractivity contribution >= 4 is 11.6 Å². The van der Waals surface area contributed by atoms with Gasteiger partial charge in [0.1, 0.15) is 0 Å². The highest BCUT2D eigenvalue weighted by Crippen LogP contribution is 2.09. The van der Waals surface area contributed by atoms with Crippen molar-refractivity contribution in [3.63, 3.8) is 0 Å². The van der Waals surface area contributed by atoms with Gasteiger partial charge in [-0.2, -0.15) is 5.10 Å². The Balaban J connectivity index is 2.19. The van der Waals surface area contributed by atoms with Crippen molar-refractivity contribution in [2.45, 2.75) is 24.6 Å². The third-order valence-electron chi connectivity index (χ3n) is 2.22. The predicted octanol–water partition coefficient (Wildman–Crippen LogP) is 2.00. The Bertz CT molecular complexity index is 262. The summed E-state index contributed by atoms with van der Waals surface area (Å²) in [6, 6.07) is 2.04. The second kappa shape index (κ2) is 6.04.